The Morgan fingerprint density at radius 1 is 1.24 bits per heavy atom. The van der Waals surface area contributed by atoms with Gasteiger partial charge in [-0.3, -0.25) is 4.79 Å². The van der Waals surface area contributed by atoms with Crippen molar-refractivity contribution in [3.8, 4) is 0 Å². The number of amides is 1. The molecule has 1 aromatic carbocycles. The van der Waals surface area contributed by atoms with Gasteiger partial charge in [-0.05, 0) is 38.1 Å². The van der Waals surface area contributed by atoms with Crippen molar-refractivity contribution in [3.63, 3.8) is 0 Å². The van der Waals surface area contributed by atoms with Crippen molar-refractivity contribution in [3.05, 3.63) is 51.2 Å². The molecular weight excluding hydrogens is 294 g/mol. The van der Waals surface area contributed by atoms with Crippen LogP contribution in [0.5, 0.6) is 0 Å². The van der Waals surface area contributed by atoms with Gasteiger partial charge in [-0.1, -0.05) is 0 Å². The number of carbonyl (C=O) groups excluding carboxylic acids is 1. The first-order valence-electron chi connectivity index (χ1n) is 6.57. The molecule has 0 atom stereocenters. The van der Waals surface area contributed by atoms with E-state index in [4.69, 9.17) is 0 Å². The minimum atomic E-state index is -0.769. The molecule has 0 radical (unpaired) electrons. The van der Waals surface area contributed by atoms with E-state index in [1.807, 2.05) is 19.1 Å². The minimum Gasteiger partial charge on any atom is -0.381 e. The maximum Gasteiger partial charge on any atom is 0.251 e. The van der Waals surface area contributed by atoms with E-state index in [1.165, 1.54) is 0 Å². The highest BCUT2D eigenvalue weighted by Crippen LogP contribution is 2.21. The minimum absolute atomic E-state index is 0.0278. The van der Waals surface area contributed by atoms with Gasteiger partial charge in [0.15, 0.2) is 0 Å². The van der Waals surface area contributed by atoms with E-state index >= 15 is 0 Å². The fourth-order valence-corrected chi connectivity index (χ4v) is 2.73. The number of halogens is 2. The maximum absolute atomic E-state index is 13.7. The lowest BCUT2D eigenvalue weighted by atomic mass is 10.1. The summed E-state index contributed by atoms with van der Waals surface area (Å²) in [5.74, 6) is -2.04. The molecule has 6 heteroatoms. The molecule has 0 aliphatic carbocycles. The van der Waals surface area contributed by atoms with Crippen molar-refractivity contribution in [2.24, 2.45) is 0 Å². The van der Waals surface area contributed by atoms with Crippen LogP contribution in [0.25, 0.3) is 0 Å². The Hall–Kier alpha value is -1.95. The molecule has 1 amide bonds. The fourth-order valence-electron chi connectivity index (χ4n) is 1.90. The molecule has 0 aliphatic rings. The molecule has 0 saturated heterocycles. The van der Waals surface area contributed by atoms with Crippen LogP contribution in [-0.2, 0) is 6.54 Å². The van der Waals surface area contributed by atoms with E-state index in [1.54, 1.807) is 18.3 Å². The van der Waals surface area contributed by atoms with Crippen molar-refractivity contribution in [1.29, 1.82) is 0 Å². The van der Waals surface area contributed by atoms with E-state index in [9.17, 15) is 13.6 Å². The van der Waals surface area contributed by atoms with Crippen LogP contribution in [0.1, 0.15) is 27.0 Å². The average molecular weight is 310 g/mol. The van der Waals surface area contributed by atoms with Gasteiger partial charge in [0.25, 0.3) is 5.91 Å². The molecule has 0 fully saturated rings. The maximum atomic E-state index is 13.7. The first-order chi connectivity index (χ1) is 10.0. The molecule has 21 heavy (non-hydrogen) atoms. The van der Waals surface area contributed by atoms with E-state index in [2.05, 4.69) is 10.6 Å². The normalized spacial score (nSPS) is 10.5. The summed E-state index contributed by atoms with van der Waals surface area (Å²) in [5, 5.41) is 5.24. The molecule has 0 spiro atoms. The predicted octanol–water partition coefficient (Wildman–Crippen LogP) is 3.70. The second-order valence-electron chi connectivity index (χ2n) is 4.54. The number of hydrogen-bond donors (Lipinski definition) is 2. The number of benzene rings is 1. The van der Waals surface area contributed by atoms with Gasteiger partial charge in [0.2, 0.25) is 0 Å². The Morgan fingerprint density at radius 3 is 2.43 bits per heavy atom. The van der Waals surface area contributed by atoms with Gasteiger partial charge in [-0.25, -0.2) is 8.78 Å². The Balaban J connectivity index is 2.08. The number of aryl methyl sites for hydroxylation is 1. The number of rotatable bonds is 5. The van der Waals surface area contributed by atoms with Crippen molar-refractivity contribution in [1.82, 2.24) is 5.32 Å². The number of thiophene rings is 1. The molecule has 0 saturated carbocycles. The zero-order chi connectivity index (χ0) is 15.4. The topological polar surface area (TPSA) is 41.1 Å². The van der Waals surface area contributed by atoms with Crippen LogP contribution in [0.15, 0.2) is 24.3 Å². The SMILES string of the molecule is CCNc1c(F)cc(C(=O)NCc2ccc(C)s2)cc1F. The van der Waals surface area contributed by atoms with Gasteiger partial charge < -0.3 is 10.6 Å². The van der Waals surface area contributed by atoms with E-state index < -0.39 is 17.5 Å². The third-order valence-electron chi connectivity index (χ3n) is 2.88. The van der Waals surface area contributed by atoms with Gasteiger partial charge in [0.05, 0.1) is 6.54 Å². The van der Waals surface area contributed by atoms with Crippen LogP contribution >= 0.6 is 11.3 Å². The number of carbonyl (C=O) groups is 1. The van der Waals surface area contributed by atoms with Crippen LogP contribution in [0.2, 0.25) is 0 Å². The van der Waals surface area contributed by atoms with Crippen LogP contribution in [0.3, 0.4) is 0 Å². The molecule has 2 aromatic rings. The second kappa shape index (κ2) is 6.67. The first kappa shape index (κ1) is 15.4. The van der Waals surface area contributed by atoms with Crippen LogP contribution in [0, 0.1) is 18.6 Å². The Bertz CT molecular complexity index is 632. The predicted molar refractivity (Wildman–Crippen MR) is 80.7 cm³/mol. The fraction of sp³-hybridized carbons (Fsp3) is 0.267. The van der Waals surface area contributed by atoms with Gasteiger partial charge >= 0.3 is 0 Å². The first-order valence-corrected chi connectivity index (χ1v) is 7.39. The summed E-state index contributed by atoms with van der Waals surface area (Å²) in [4.78, 5) is 14.1. The highest BCUT2D eigenvalue weighted by atomic mass is 32.1. The summed E-state index contributed by atoms with van der Waals surface area (Å²) in [7, 11) is 0. The van der Waals surface area contributed by atoms with Crippen molar-refractivity contribution >= 4 is 22.9 Å². The monoisotopic (exact) mass is 310 g/mol. The van der Waals surface area contributed by atoms with Gasteiger partial charge in [0, 0.05) is 21.9 Å². The molecule has 0 aliphatic heterocycles. The van der Waals surface area contributed by atoms with Gasteiger partial charge in [-0.2, -0.15) is 0 Å². The Kier molecular flexibility index (Phi) is 4.90. The molecule has 0 unspecified atom stereocenters. The summed E-state index contributed by atoms with van der Waals surface area (Å²) in [6, 6.07) is 5.94. The third kappa shape index (κ3) is 3.78. The summed E-state index contributed by atoms with van der Waals surface area (Å²) < 4.78 is 27.5. The molecule has 2 N–H and O–H groups in total. The van der Waals surface area contributed by atoms with E-state index in [0.29, 0.717) is 13.1 Å². The highest BCUT2D eigenvalue weighted by molar-refractivity contribution is 7.11. The summed E-state index contributed by atoms with van der Waals surface area (Å²) >= 11 is 1.57. The van der Waals surface area contributed by atoms with E-state index in [-0.39, 0.29) is 11.3 Å². The Morgan fingerprint density at radius 2 is 1.90 bits per heavy atom. The number of anilines is 1. The second-order valence-corrected chi connectivity index (χ2v) is 5.91. The van der Waals surface area contributed by atoms with Crippen molar-refractivity contribution in [2.45, 2.75) is 20.4 Å². The lowest BCUT2D eigenvalue weighted by molar-refractivity contribution is 0.0950. The van der Waals surface area contributed by atoms with E-state index in [0.717, 1.165) is 21.9 Å². The molecule has 112 valence electrons. The molecular formula is C15H16F2N2OS. The van der Waals surface area contributed by atoms with Crippen LogP contribution < -0.4 is 10.6 Å². The Labute approximate surface area is 126 Å². The van der Waals surface area contributed by atoms with Crippen LogP contribution in [0.4, 0.5) is 14.5 Å². The van der Waals surface area contributed by atoms with Gasteiger partial charge in [-0.15, -0.1) is 11.3 Å². The summed E-state index contributed by atoms with van der Waals surface area (Å²) in [6.45, 7) is 4.45. The number of nitrogens with one attached hydrogen (secondary N) is 2. The number of hydrogen-bond acceptors (Lipinski definition) is 3. The zero-order valence-corrected chi connectivity index (χ0v) is 12.6. The lowest BCUT2D eigenvalue weighted by Crippen LogP contribution is -2.22. The average Bonchev–Trinajstić information content (AvgIpc) is 2.85. The molecule has 3 nitrogen and oxygen atoms in total. The smallest absolute Gasteiger partial charge is 0.251 e. The molecule has 1 heterocycles. The van der Waals surface area contributed by atoms with Crippen molar-refractivity contribution in [2.75, 3.05) is 11.9 Å². The molecule has 2 rings (SSSR count). The highest BCUT2D eigenvalue weighted by Gasteiger charge is 2.14. The third-order valence-corrected chi connectivity index (χ3v) is 3.88. The standard InChI is InChI=1S/C15H16F2N2OS/c1-3-18-14-12(16)6-10(7-13(14)17)15(20)19-8-11-5-4-9(2)21-11/h4-7,18H,3,8H2,1-2H3,(H,19,20). The van der Waals surface area contributed by atoms with Crippen LogP contribution in [-0.4, -0.2) is 12.5 Å². The lowest BCUT2D eigenvalue weighted by Gasteiger charge is -2.09. The summed E-state index contributed by atoms with van der Waals surface area (Å²) in [6.07, 6.45) is 0. The zero-order valence-electron chi connectivity index (χ0n) is 11.8. The summed E-state index contributed by atoms with van der Waals surface area (Å²) in [5.41, 5.74) is -0.233. The molecule has 1 aromatic heterocycles. The van der Waals surface area contributed by atoms with Gasteiger partial charge in [0.1, 0.15) is 17.3 Å². The quantitative estimate of drug-likeness (QED) is 0.884. The molecule has 0 bridgehead atoms. The van der Waals surface area contributed by atoms with Crippen molar-refractivity contribution < 1.29 is 13.6 Å². The largest absolute Gasteiger partial charge is 0.381 e.